The molecule has 1 amide bonds. The maximum atomic E-state index is 13.5. The van der Waals surface area contributed by atoms with E-state index in [1.807, 2.05) is 0 Å². The predicted octanol–water partition coefficient (Wildman–Crippen LogP) is 1.81. The Hall–Kier alpha value is -1.89. The van der Waals surface area contributed by atoms with E-state index in [0.29, 0.717) is 16.7 Å². The number of hydrogen-bond acceptors (Lipinski definition) is 3. The number of methoxy groups -OCH3 is 1. The summed E-state index contributed by atoms with van der Waals surface area (Å²) in [4.78, 5) is 11.8. The molecule has 22 heavy (non-hydrogen) atoms. The number of amides is 1. The summed E-state index contributed by atoms with van der Waals surface area (Å²) in [5.74, 6) is -0.622. The second kappa shape index (κ2) is 7.93. The Morgan fingerprint density at radius 2 is 2.09 bits per heavy atom. The van der Waals surface area contributed by atoms with E-state index in [-0.39, 0.29) is 18.1 Å². The predicted molar refractivity (Wildman–Crippen MR) is 85.9 cm³/mol. The van der Waals surface area contributed by atoms with E-state index in [0.717, 1.165) is 12.8 Å². The van der Waals surface area contributed by atoms with Gasteiger partial charge >= 0.3 is 0 Å². The molecule has 0 heterocycles. The van der Waals surface area contributed by atoms with Crippen molar-refractivity contribution in [2.24, 2.45) is 0 Å². The number of nitrogens with one attached hydrogen (secondary N) is 3. The summed E-state index contributed by atoms with van der Waals surface area (Å²) >= 11 is 5.11. The van der Waals surface area contributed by atoms with E-state index in [1.54, 1.807) is 6.07 Å². The fourth-order valence-corrected chi connectivity index (χ4v) is 2.69. The molecule has 120 valence electrons. The lowest BCUT2D eigenvalue weighted by Crippen LogP contribution is -2.49. The highest BCUT2D eigenvalue weighted by Crippen LogP contribution is 2.18. The van der Waals surface area contributed by atoms with Crippen molar-refractivity contribution in [1.29, 1.82) is 0 Å². The molecule has 0 atom stereocenters. The van der Waals surface area contributed by atoms with Crippen LogP contribution in [0.2, 0.25) is 0 Å². The van der Waals surface area contributed by atoms with Gasteiger partial charge in [0.25, 0.3) is 0 Å². The topological polar surface area (TPSA) is 62.4 Å². The molecule has 1 aliphatic rings. The van der Waals surface area contributed by atoms with Crippen LogP contribution in [0.3, 0.4) is 0 Å². The number of rotatable bonds is 4. The maximum Gasteiger partial charge on any atom is 0.242 e. The van der Waals surface area contributed by atoms with Crippen molar-refractivity contribution in [3.8, 4) is 5.75 Å². The van der Waals surface area contributed by atoms with Crippen molar-refractivity contribution in [2.45, 2.75) is 38.1 Å². The molecule has 1 aromatic rings. The zero-order valence-corrected chi connectivity index (χ0v) is 13.3. The Balaban J connectivity index is 1.75. The number of hydrazine groups is 1. The van der Waals surface area contributed by atoms with E-state index in [2.05, 4.69) is 16.2 Å². The molecule has 0 aromatic heterocycles. The van der Waals surface area contributed by atoms with Crippen LogP contribution in [-0.4, -0.2) is 24.2 Å². The lowest BCUT2D eigenvalue weighted by molar-refractivity contribution is -0.121. The van der Waals surface area contributed by atoms with Crippen molar-refractivity contribution in [1.82, 2.24) is 16.2 Å². The van der Waals surface area contributed by atoms with Gasteiger partial charge in [-0.05, 0) is 42.8 Å². The van der Waals surface area contributed by atoms with Crippen molar-refractivity contribution in [3.05, 3.63) is 29.6 Å². The van der Waals surface area contributed by atoms with E-state index in [9.17, 15) is 9.18 Å². The molecule has 0 saturated heterocycles. The van der Waals surface area contributed by atoms with Crippen LogP contribution < -0.4 is 20.9 Å². The van der Waals surface area contributed by atoms with Crippen LogP contribution in [0.4, 0.5) is 4.39 Å². The Morgan fingerprint density at radius 3 is 2.73 bits per heavy atom. The quantitative estimate of drug-likeness (QED) is 0.582. The molecule has 2 rings (SSSR count). The summed E-state index contributed by atoms with van der Waals surface area (Å²) in [6.07, 6.45) is 4.66. The molecule has 1 aliphatic carbocycles. The number of halogens is 1. The standard InChI is InChI=1S/C15H20FN3O2S/c1-21-13-7-6-10(8-12(13)16)9-14(20)18-19-15(22)17-11-4-2-3-5-11/h6-8,11H,2-5,9H2,1H3,(H,18,20)(H2,17,19,22). The van der Waals surface area contributed by atoms with Gasteiger partial charge < -0.3 is 10.1 Å². The molecule has 0 radical (unpaired) electrons. The van der Waals surface area contributed by atoms with Gasteiger partial charge in [0.2, 0.25) is 5.91 Å². The van der Waals surface area contributed by atoms with Gasteiger partial charge in [-0.15, -0.1) is 0 Å². The van der Waals surface area contributed by atoms with Crippen molar-refractivity contribution in [2.75, 3.05) is 7.11 Å². The van der Waals surface area contributed by atoms with Crippen molar-refractivity contribution < 1.29 is 13.9 Å². The van der Waals surface area contributed by atoms with Crippen LogP contribution in [0.5, 0.6) is 5.75 Å². The summed E-state index contributed by atoms with van der Waals surface area (Å²) in [5.41, 5.74) is 5.74. The van der Waals surface area contributed by atoms with E-state index < -0.39 is 5.82 Å². The Labute approximate surface area is 134 Å². The van der Waals surface area contributed by atoms with Gasteiger partial charge in [0, 0.05) is 6.04 Å². The van der Waals surface area contributed by atoms with Crippen molar-refractivity contribution in [3.63, 3.8) is 0 Å². The van der Waals surface area contributed by atoms with Gasteiger partial charge in [0.1, 0.15) is 0 Å². The van der Waals surface area contributed by atoms with Gasteiger partial charge in [-0.1, -0.05) is 18.9 Å². The maximum absolute atomic E-state index is 13.5. The van der Waals surface area contributed by atoms with Gasteiger partial charge in [0.05, 0.1) is 13.5 Å². The summed E-state index contributed by atoms with van der Waals surface area (Å²) in [6, 6.07) is 4.81. The molecular weight excluding hydrogens is 305 g/mol. The highest BCUT2D eigenvalue weighted by Gasteiger charge is 2.15. The van der Waals surface area contributed by atoms with Crippen LogP contribution in [0.1, 0.15) is 31.2 Å². The number of benzene rings is 1. The van der Waals surface area contributed by atoms with Crippen molar-refractivity contribution >= 4 is 23.2 Å². The average molecular weight is 325 g/mol. The number of ether oxygens (including phenoxy) is 1. The summed E-state index contributed by atoms with van der Waals surface area (Å²) in [7, 11) is 1.40. The minimum Gasteiger partial charge on any atom is -0.494 e. The third-order valence-electron chi connectivity index (χ3n) is 3.59. The van der Waals surface area contributed by atoms with Crippen LogP contribution in [0, 0.1) is 5.82 Å². The Morgan fingerprint density at radius 1 is 1.36 bits per heavy atom. The smallest absolute Gasteiger partial charge is 0.242 e. The highest BCUT2D eigenvalue weighted by atomic mass is 32.1. The SMILES string of the molecule is COc1ccc(CC(=O)NNC(=S)NC2CCCC2)cc1F. The second-order valence-electron chi connectivity index (χ2n) is 5.27. The summed E-state index contributed by atoms with van der Waals surface area (Å²) in [6.45, 7) is 0. The first-order valence-electron chi connectivity index (χ1n) is 7.26. The zero-order chi connectivity index (χ0) is 15.9. The molecule has 3 N–H and O–H groups in total. The van der Waals surface area contributed by atoms with E-state index in [4.69, 9.17) is 17.0 Å². The van der Waals surface area contributed by atoms with Crippen LogP contribution in [0.25, 0.3) is 0 Å². The van der Waals surface area contributed by atoms with Gasteiger partial charge in [-0.3, -0.25) is 15.6 Å². The normalized spacial score (nSPS) is 14.5. The third kappa shape index (κ3) is 4.84. The first kappa shape index (κ1) is 16.5. The second-order valence-corrected chi connectivity index (χ2v) is 5.68. The molecule has 0 unspecified atom stereocenters. The van der Waals surface area contributed by atoms with Gasteiger partial charge in [0.15, 0.2) is 16.7 Å². The third-order valence-corrected chi connectivity index (χ3v) is 3.81. The highest BCUT2D eigenvalue weighted by molar-refractivity contribution is 7.80. The monoisotopic (exact) mass is 325 g/mol. The van der Waals surface area contributed by atoms with Gasteiger partial charge in [-0.25, -0.2) is 4.39 Å². The lowest BCUT2D eigenvalue weighted by Gasteiger charge is -2.16. The largest absolute Gasteiger partial charge is 0.494 e. The van der Waals surface area contributed by atoms with E-state index in [1.165, 1.54) is 32.1 Å². The number of carbonyl (C=O) groups is 1. The van der Waals surface area contributed by atoms with Crippen LogP contribution in [0.15, 0.2) is 18.2 Å². The molecule has 1 fully saturated rings. The molecule has 7 heteroatoms. The molecule has 0 aliphatic heterocycles. The van der Waals surface area contributed by atoms with Crippen LogP contribution >= 0.6 is 12.2 Å². The minimum atomic E-state index is -0.487. The summed E-state index contributed by atoms with van der Waals surface area (Å²) in [5, 5.41) is 3.56. The first-order chi connectivity index (χ1) is 10.6. The molecule has 0 spiro atoms. The van der Waals surface area contributed by atoms with Crippen LogP contribution in [-0.2, 0) is 11.2 Å². The number of carbonyl (C=O) groups excluding carboxylic acids is 1. The number of thiocarbonyl (C=S) groups is 1. The fraction of sp³-hybridized carbons (Fsp3) is 0.467. The molecule has 0 bridgehead atoms. The zero-order valence-electron chi connectivity index (χ0n) is 12.4. The minimum absolute atomic E-state index is 0.0555. The fourth-order valence-electron chi connectivity index (χ4n) is 2.47. The Kier molecular flexibility index (Phi) is 5.94. The van der Waals surface area contributed by atoms with Gasteiger partial charge in [-0.2, -0.15) is 0 Å². The summed E-state index contributed by atoms with van der Waals surface area (Å²) < 4.78 is 18.4. The number of hydrogen-bond donors (Lipinski definition) is 3. The lowest BCUT2D eigenvalue weighted by atomic mass is 10.1. The molecule has 5 nitrogen and oxygen atoms in total. The first-order valence-corrected chi connectivity index (χ1v) is 7.67. The average Bonchev–Trinajstić information content (AvgIpc) is 2.98. The molecule has 1 saturated carbocycles. The molecule has 1 aromatic carbocycles. The molecular formula is C15H20FN3O2S. The Bertz CT molecular complexity index is 548. The van der Waals surface area contributed by atoms with E-state index >= 15 is 0 Å².